The van der Waals surface area contributed by atoms with Crippen LogP contribution in [0.15, 0.2) is 133 Å². The minimum Gasteiger partial charge on any atom is -0.309 e. The number of benzene rings is 5. The molecular weight excluding hydrogens is 410 g/mol. The molecule has 0 N–H and O–H groups in total. The van der Waals surface area contributed by atoms with Crippen LogP contribution in [0, 0.1) is 20.8 Å². The van der Waals surface area contributed by atoms with Gasteiger partial charge in [-0.15, -0.1) is 0 Å². The Labute approximate surface area is 202 Å². The zero-order chi connectivity index (χ0) is 23.8. The summed E-state index contributed by atoms with van der Waals surface area (Å²) in [6.07, 6.45) is 0. The van der Waals surface area contributed by atoms with Crippen molar-refractivity contribution in [1.82, 2.24) is 4.57 Å². The highest BCUT2D eigenvalue weighted by Crippen LogP contribution is 2.32. The van der Waals surface area contributed by atoms with Gasteiger partial charge in [0.15, 0.2) is 0 Å². The molecule has 6 rings (SSSR count). The molecule has 34 heavy (non-hydrogen) atoms. The van der Waals surface area contributed by atoms with Crippen LogP contribution in [0.3, 0.4) is 0 Å². The molecule has 0 aliphatic rings. The Kier molecular flexibility index (Phi) is 7.57. The van der Waals surface area contributed by atoms with E-state index < -0.39 is 0 Å². The maximum atomic E-state index is 2.34. The molecule has 1 nitrogen and oxygen atoms in total. The van der Waals surface area contributed by atoms with E-state index in [1.807, 2.05) is 36.4 Å². The van der Waals surface area contributed by atoms with Crippen molar-refractivity contribution in [3.8, 4) is 5.69 Å². The molecule has 0 atom stereocenters. The van der Waals surface area contributed by atoms with Crippen molar-refractivity contribution in [3.63, 3.8) is 0 Å². The van der Waals surface area contributed by atoms with E-state index >= 15 is 0 Å². The lowest BCUT2D eigenvalue weighted by Crippen LogP contribution is -1.92. The van der Waals surface area contributed by atoms with Crippen molar-refractivity contribution >= 4 is 21.8 Å². The average Bonchev–Trinajstić information content (AvgIpc) is 3.20. The molecule has 0 radical (unpaired) electrons. The Balaban J connectivity index is 0.000000160. The summed E-state index contributed by atoms with van der Waals surface area (Å²) in [4.78, 5) is 0. The summed E-state index contributed by atoms with van der Waals surface area (Å²) in [6.45, 7) is 6.31. The molecule has 1 heteroatoms. The van der Waals surface area contributed by atoms with Crippen LogP contribution in [0.4, 0.5) is 0 Å². The number of fused-ring (bicyclic) bond motifs is 3. The summed E-state index contributed by atoms with van der Waals surface area (Å²) in [7, 11) is 0. The number of aromatic nitrogens is 1. The second-order valence-corrected chi connectivity index (χ2v) is 8.52. The Bertz CT molecular complexity index is 1410. The molecular formula is C33H31N. The highest BCUT2D eigenvalue weighted by atomic mass is 15.0. The van der Waals surface area contributed by atoms with Crippen molar-refractivity contribution in [2.24, 2.45) is 0 Å². The van der Waals surface area contributed by atoms with Crippen molar-refractivity contribution in [2.45, 2.75) is 20.8 Å². The smallest absolute Gasteiger partial charge is 0.0543 e. The number of hydrogen-bond donors (Lipinski definition) is 0. The van der Waals surface area contributed by atoms with E-state index in [1.165, 1.54) is 44.2 Å². The monoisotopic (exact) mass is 441 g/mol. The minimum atomic E-state index is 1.21. The molecule has 1 aromatic heterocycles. The van der Waals surface area contributed by atoms with Crippen molar-refractivity contribution in [3.05, 3.63) is 150 Å². The minimum absolute atomic E-state index is 1.21. The van der Waals surface area contributed by atoms with E-state index in [9.17, 15) is 0 Å². The van der Waals surface area contributed by atoms with Gasteiger partial charge in [0.25, 0.3) is 0 Å². The molecule has 1 heterocycles. The summed E-state index contributed by atoms with van der Waals surface area (Å²) in [5.41, 5.74) is 7.68. The number of nitrogens with zero attached hydrogens (tertiary/aromatic N) is 1. The lowest BCUT2D eigenvalue weighted by atomic mass is 10.1. The third-order valence-electron chi connectivity index (χ3n) is 5.72. The van der Waals surface area contributed by atoms with Crippen molar-refractivity contribution in [1.29, 1.82) is 0 Å². The van der Waals surface area contributed by atoms with Crippen LogP contribution in [0.25, 0.3) is 27.5 Å². The van der Waals surface area contributed by atoms with Gasteiger partial charge in [0.05, 0.1) is 11.0 Å². The first kappa shape index (κ1) is 23.1. The maximum absolute atomic E-state index is 2.34. The van der Waals surface area contributed by atoms with Crippen LogP contribution in [-0.4, -0.2) is 4.57 Å². The molecule has 168 valence electrons. The lowest BCUT2D eigenvalue weighted by Gasteiger charge is -2.07. The van der Waals surface area contributed by atoms with Crippen LogP contribution in [0.1, 0.15) is 16.7 Å². The van der Waals surface area contributed by atoms with E-state index in [2.05, 4.69) is 122 Å². The number of aryl methyl sites for hydroxylation is 3. The quantitative estimate of drug-likeness (QED) is 0.240. The van der Waals surface area contributed by atoms with Gasteiger partial charge >= 0.3 is 0 Å². The normalized spacial score (nSPS) is 10.2. The molecule has 0 spiro atoms. The molecule has 0 aliphatic carbocycles. The molecule has 0 saturated heterocycles. The number of rotatable bonds is 1. The fourth-order valence-electron chi connectivity index (χ4n) is 4.00. The molecule has 0 unspecified atom stereocenters. The molecule has 0 saturated carbocycles. The standard InChI is InChI=1S/C19H15N.2C7H8/c1-14-11-12-17-16-9-5-6-10-18(16)20(19(17)13-14)15-7-3-2-4-8-15;2*1-7-5-3-2-4-6-7/h2-13H,1H3;2*2-6H,1H3. The van der Waals surface area contributed by atoms with E-state index in [0.29, 0.717) is 0 Å². The zero-order valence-electron chi connectivity index (χ0n) is 20.1. The van der Waals surface area contributed by atoms with Gasteiger partial charge in [-0.2, -0.15) is 0 Å². The van der Waals surface area contributed by atoms with Crippen LogP contribution in [-0.2, 0) is 0 Å². The van der Waals surface area contributed by atoms with Gasteiger partial charge in [-0.05, 0) is 50.6 Å². The van der Waals surface area contributed by atoms with Gasteiger partial charge in [0, 0.05) is 16.5 Å². The topological polar surface area (TPSA) is 4.93 Å². The van der Waals surface area contributed by atoms with Crippen LogP contribution >= 0.6 is 0 Å². The van der Waals surface area contributed by atoms with Gasteiger partial charge in [-0.1, -0.05) is 120 Å². The van der Waals surface area contributed by atoms with E-state index in [0.717, 1.165) is 0 Å². The average molecular weight is 442 g/mol. The summed E-state index contributed by atoms with van der Waals surface area (Å²) >= 11 is 0. The highest BCUT2D eigenvalue weighted by molar-refractivity contribution is 6.09. The molecule has 0 aliphatic heterocycles. The molecule has 0 bridgehead atoms. The first-order valence-corrected chi connectivity index (χ1v) is 11.7. The van der Waals surface area contributed by atoms with E-state index in [-0.39, 0.29) is 0 Å². The van der Waals surface area contributed by atoms with Gasteiger partial charge in [0.1, 0.15) is 0 Å². The fraction of sp³-hybridized carbons (Fsp3) is 0.0909. The van der Waals surface area contributed by atoms with Gasteiger partial charge in [-0.25, -0.2) is 0 Å². The predicted molar refractivity (Wildman–Crippen MR) is 148 cm³/mol. The molecule has 6 aromatic rings. The second-order valence-electron chi connectivity index (χ2n) is 8.52. The largest absolute Gasteiger partial charge is 0.309 e. The van der Waals surface area contributed by atoms with Crippen molar-refractivity contribution in [2.75, 3.05) is 0 Å². The third-order valence-corrected chi connectivity index (χ3v) is 5.72. The third kappa shape index (κ3) is 5.63. The SMILES string of the molecule is Cc1ccc2c3ccccc3n(-c3ccccc3)c2c1.Cc1ccccc1.Cc1ccccc1. The first-order chi connectivity index (χ1) is 16.6. The Hall–Kier alpha value is -4.10. The summed E-state index contributed by atoms with van der Waals surface area (Å²) < 4.78 is 2.34. The van der Waals surface area contributed by atoms with Crippen LogP contribution in [0.5, 0.6) is 0 Å². The Morgan fingerprint density at radius 2 is 0.853 bits per heavy atom. The van der Waals surface area contributed by atoms with Crippen molar-refractivity contribution < 1.29 is 0 Å². The lowest BCUT2D eigenvalue weighted by molar-refractivity contribution is 1.18. The molecule has 5 aromatic carbocycles. The Morgan fingerprint density at radius 1 is 0.382 bits per heavy atom. The fourth-order valence-corrected chi connectivity index (χ4v) is 4.00. The van der Waals surface area contributed by atoms with Gasteiger partial charge in [0.2, 0.25) is 0 Å². The molecule has 0 fully saturated rings. The molecule has 0 amide bonds. The number of para-hydroxylation sites is 2. The van der Waals surface area contributed by atoms with Gasteiger partial charge < -0.3 is 4.57 Å². The van der Waals surface area contributed by atoms with Gasteiger partial charge in [-0.3, -0.25) is 0 Å². The predicted octanol–water partition coefficient (Wildman–Crippen LogP) is 9.08. The van der Waals surface area contributed by atoms with E-state index in [4.69, 9.17) is 0 Å². The summed E-state index contributed by atoms with van der Waals surface area (Å²) in [6, 6.07) is 46.4. The Morgan fingerprint density at radius 3 is 1.38 bits per heavy atom. The van der Waals surface area contributed by atoms with Crippen LogP contribution in [0.2, 0.25) is 0 Å². The number of hydrogen-bond acceptors (Lipinski definition) is 0. The van der Waals surface area contributed by atoms with E-state index in [1.54, 1.807) is 0 Å². The summed E-state index contributed by atoms with van der Waals surface area (Å²) in [5.74, 6) is 0. The maximum Gasteiger partial charge on any atom is 0.0543 e. The van der Waals surface area contributed by atoms with Crippen LogP contribution < -0.4 is 0 Å². The zero-order valence-corrected chi connectivity index (χ0v) is 20.1. The highest BCUT2D eigenvalue weighted by Gasteiger charge is 2.11. The second kappa shape index (κ2) is 11.2. The first-order valence-electron chi connectivity index (χ1n) is 11.7. The summed E-state index contributed by atoms with van der Waals surface area (Å²) in [5, 5.41) is 2.63.